The monoisotopic (exact) mass is 373 g/mol. The van der Waals surface area contributed by atoms with Crippen molar-refractivity contribution in [3.8, 4) is 0 Å². The van der Waals surface area contributed by atoms with Crippen LogP contribution in [0.1, 0.15) is 57.6 Å². The molecule has 0 N–H and O–H groups in total. The van der Waals surface area contributed by atoms with Gasteiger partial charge in [-0.05, 0) is 52.5 Å². The van der Waals surface area contributed by atoms with E-state index in [1.807, 2.05) is 10.9 Å². The van der Waals surface area contributed by atoms with Gasteiger partial charge >= 0.3 is 0 Å². The van der Waals surface area contributed by atoms with Crippen molar-refractivity contribution in [2.24, 2.45) is 5.92 Å². The lowest BCUT2D eigenvalue weighted by Crippen LogP contribution is -2.60. The fraction of sp³-hybridized carbons (Fsp3) is 0.810. The molecule has 6 nitrogen and oxygen atoms in total. The molecule has 2 aliphatic heterocycles. The number of rotatable bonds is 5. The highest BCUT2D eigenvalue weighted by Gasteiger charge is 2.42. The zero-order valence-electron chi connectivity index (χ0n) is 17.2. The molecule has 0 aromatic carbocycles. The molecule has 27 heavy (non-hydrogen) atoms. The highest BCUT2D eigenvalue weighted by Crippen LogP contribution is 2.35. The molecule has 1 amide bonds. The second-order valence-electron chi connectivity index (χ2n) is 9.31. The number of piperazine rings is 1. The normalized spacial score (nSPS) is 28.3. The Morgan fingerprint density at radius 3 is 2.74 bits per heavy atom. The van der Waals surface area contributed by atoms with Gasteiger partial charge in [-0.25, -0.2) is 0 Å². The fourth-order valence-corrected chi connectivity index (χ4v) is 4.71. The third-order valence-corrected chi connectivity index (χ3v) is 6.85. The SMILES string of the molecule is CC(C)n1cc(CN2CCN(C)C3(CCC(=O)N(CC4CC4)CC3)C2)cn1. The smallest absolute Gasteiger partial charge is 0.222 e. The Bertz CT molecular complexity index is 667. The first-order valence-electron chi connectivity index (χ1n) is 10.7. The molecule has 1 atom stereocenters. The number of amides is 1. The minimum atomic E-state index is 0.139. The van der Waals surface area contributed by atoms with E-state index in [-0.39, 0.29) is 5.54 Å². The molecule has 2 saturated heterocycles. The average molecular weight is 374 g/mol. The van der Waals surface area contributed by atoms with Crippen molar-refractivity contribution < 1.29 is 4.79 Å². The summed E-state index contributed by atoms with van der Waals surface area (Å²) >= 11 is 0. The van der Waals surface area contributed by atoms with Gasteiger partial charge in [0.05, 0.1) is 6.20 Å². The standard InChI is InChI=1S/C21H35N5O/c1-17(2)26-15-19(12-22-26)13-24-11-10-23(3)21(16-24)7-6-20(27)25(9-8-21)14-18-4-5-18/h12,15,17-18H,4-11,13-14,16H2,1-3H3. The van der Waals surface area contributed by atoms with E-state index in [1.165, 1.54) is 18.4 Å². The number of carbonyl (C=O) groups excluding carboxylic acids is 1. The zero-order valence-corrected chi connectivity index (χ0v) is 17.2. The third kappa shape index (κ3) is 4.21. The summed E-state index contributed by atoms with van der Waals surface area (Å²) in [7, 11) is 2.26. The lowest BCUT2D eigenvalue weighted by Gasteiger charge is -2.49. The van der Waals surface area contributed by atoms with Crippen LogP contribution in [0.5, 0.6) is 0 Å². The Morgan fingerprint density at radius 2 is 2.04 bits per heavy atom. The van der Waals surface area contributed by atoms with Gasteiger partial charge in [0, 0.05) is 69.0 Å². The first-order chi connectivity index (χ1) is 12.9. The van der Waals surface area contributed by atoms with Crippen LogP contribution < -0.4 is 0 Å². The largest absolute Gasteiger partial charge is 0.342 e. The minimum absolute atomic E-state index is 0.139. The van der Waals surface area contributed by atoms with Crippen molar-refractivity contribution in [1.82, 2.24) is 24.5 Å². The van der Waals surface area contributed by atoms with Gasteiger partial charge in [-0.2, -0.15) is 5.10 Å². The molecule has 4 rings (SSSR count). The lowest BCUT2D eigenvalue weighted by molar-refractivity contribution is -0.131. The molecule has 1 unspecified atom stereocenters. The lowest BCUT2D eigenvalue weighted by atomic mass is 9.86. The number of nitrogens with zero attached hydrogens (tertiary/aromatic N) is 5. The summed E-state index contributed by atoms with van der Waals surface area (Å²) in [5, 5.41) is 4.50. The number of likely N-dealkylation sites (N-methyl/N-ethyl adjacent to an activating group) is 1. The van der Waals surface area contributed by atoms with Crippen molar-refractivity contribution in [2.45, 2.75) is 64.1 Å². The summed E-state index contributed by atoms with van der Waals surface area (Å²) in [5.41, 5.74) is 1.43. The number of hydrogen-bond acceptors (Lipinski definition) is 4. The summed E-state index contributed by atoms with van der Waals surface area (Å²) in [5.74, 6) is 1.16. The van der Waals surface area contributed by atoms with Crippen LogP contribution in [0.4, 0.5) is 0 Å². The van der Waals surface area contributed by atoms with Crippen LogP contribution in [0.3, 0.4) is 0 Å². The fourth-order valence-electron chi connectivity index (χ4n) is 4.71. The maximum Gasteiger partial charge on any atom is 0.222 e. The van der Waals surface area contributed by atoms with Crippen LogP contribution in [0.2, 0.25) is 0 Å². The van der Waals surface area contributed by atoms with Gasteiger partial charge in [0.2, 0.25) is 5.91 Å². The van der Waals surface area contributed by atoms with Gasteiger partial charge in [-0.1, -0.05) is 0 Å². The Morgan fingerprint density at radius 1 is 1.22 bits per heavy atom. The van der Waals surface area contributed by atoms with Gasteiger partial charge in [0.15, 0.2) is 0 Å². The van der Waals surface area contributed by atoms with E-state index in [2.05, 4.69) is 46.9 Å². The molecule has 1 aliphatic carbocycles. The highest BCUT2D eigenvalue weighted by molar-refractivity contribution is 5.76. The molecule has 1 aromatic heterocycles. The molecule has 1 aromatic rings. The highest BCUT2D eigenvalue weighted by atomic mass is 16.2. The van der Waals surface area contributed by atoms with E-state index in [1.54, 1.807) is 0 Å². The number of hydrogen-bond donors (Lipinski definition) is 0. The van der Waals surface area contributed by atoms with Crippen molar-refractivity contribution in [2.75, 3.05) is 39.8 Å². The van der Waals surface area contributed by atoms with Gasteiger partial charge < -0.3 is 4.90 Å². The third-order valence-electron chi connectivity index (χ3n) is 6.85. The molecule has 150 valence electrons. The molecular formula is C21H35N5O. The molecule has 3 aliphatic rings. The van der Waals surface area contributed by atoms with Gasteiger partial charge in [-0.15, -0.1) is 0 Å². The molecule has 1 saturated carbocycles. The molecule has 3 heterocycles. The first-order valence-corrected chi connectivity index (χ1v) is 10.7. The van der Waals surface area contributed by atoms with Crippen LogP contribution in [0.15, 0.2) is 12.4 Å². The second-order valence-corrected chi connectivity index (χ2v) is 9.31. The Kier molecular flexibility index (Phi) is 5.30. The Hall–Kier alpha value is -1.40. The summed E-state index contributed by atoms with van der Waals surface area (Å²) < 4.78 is 2.04. The van der Waals surface area contributed by atoms with E-state index in [0.29, 0.717) is 18.4 Å². The molecule has 6 heteroatoms. The average Bonchev–Trinajstić information content (AvgIpc) is 3.36. The van der Waals surface area contributed by atoms with Crippen molar-refractivity contribution in [1.29, 1.82) is 0 Å². The maximum absolute atomic E-state index is 12.6. The molecule has 3 fully saturated rings. The van der Waals surface area contributed by atoms with Gasteiger partial charge in [0.25, 0.3) is 0 Å². The van der Waals surface area contributed by atoms with Gasteiger partial charge in [-0.3, -0.25) is 19.3 Å². The quantitative estimate of drug-likeness (QED) is 0.795. The summed E-state index contributed by atoms with van der Waals surface area (Å²) in [6.07, 6.45) is 9.62. The maximum atomic E-state index is 12.6. The van der Waals surface area contributed by atoms with Crippen molar-refractivity contribution >= 4 is 5.91 Å². The van der Waals surface area contributed by atoms with E-state index in [9.17, 15) is 4.79 Å². The number of aromatic nitrogens is 2. The van der Waals surface area contributed by atoms with Gasteiger partial charge in [0.1, 0.15) is 0 Å². The van der Waals surface area contributed by atoms with Crippen LogP contribution in [0, 0.1) is 5.92 Å². The summed E-state index contributed by atoms with van der Waals surface area (Å²) in [6.45, 7) is 10.4. The summed E-state index contributed by atoms with van der Waals surface area (Å²) in [4.78, 5) is 19.9. The van der Waals surface area contributed by atoms with Crippen LogP contribution in [0.25, 0.3) is 0 Å². The van der Waals surface area contributed by atoms with Crippen molar-refractivity contribution in [3.05, 3.63) is 18.0 Å². The van der Waals surface area contributed by atoms with E-state index >= 15 is 0 Å². The predicted molar refractivity (Wildman–Crippen MR) is 106 cm³/mol. The summed E-state index contributed by atoms with van der Waals surface area (Å²) in [6, 6.07) is 0.405. The predicted octanol–water partition coefficient (Wildman–Crippen LogP) is 2.37. The molecule has 1 spiro atoms. The van der Waals surface area contributed by atoms with Crippen LogP contribution in [-0.4, -0.2) is 75.7 Å². The molecule has 0 bridgehead atoms. The molecular weight excluding hydrogens is 338 g/mol. The van der Waals surface area contributed by atoms with E-state index < -0.39 is 0 Å². The minimum Gasteiger partial charge on any atom is -0.342 e. The van der Waals surface area contributed by atoms with Crippen LogP contribution >= 0.6 is 0 Å². The van der Waals surface area contributed by atoms with Crippen LogP contribution in [-0.2, 0) is 11.3 Å². The first kappa shape index (κ1) is 18.9. The second kappa shape index (κ2) is 7.55. The zero-order chi connectivity index (χ0) is 19.0. The van der Waals surface area contributed by atoms with E-state index in [4.69, 9.17) is 0 Å². The number of carbonyl (C=O) groups is 1. The Balaban J connectivity index is 1.42. The van der Waals surface area contributed by atoms with Crippen molar-refractivity contribution in [3.63, 3.8) is 0 Å². The Labute approximate surface area is 163 Å². The number of likely N-dealkylation sites (tertiary alicyclic amines) is 1. The van der Waals surface area contributed by atoms with E-state index in [0.717, 1.165) is 58.0 Å². The molecule has 0 radical (unpaired) electrons. The topological polar surface area (TPSA) is 44.6 Å².